The van der Waals surface area contributed by atoms with Crippen LogP contribution in [0, 0.1) is 0 Å². The number of hydrogen-bond acceptors (Lipinski definition) is 3. The van der Waals surface area contributed by atoms with Crippen molar-refractivity contribution in [3.8, 4) is 0 Å². The van der Waals surface area contributed by atoms with Gasteiger partial charge in [0, 0.05) is 0 Å². The van der Waals surface area contributed by atoms with Crippen molar-refractivity contribution in [2.45, 2.75) is 0 Å². The fraction of sp³-hybridized carbons (Fsp3) is 0. The topological polar surface area (TPSA) is 54.9 Å². The highest BCUT2D eigenvalue weighted by Gasteiger charge is 2.09. The highest BCUT2D eigenvalue weighted by molar-refractivity contribution is 6.39. The third kappa shape index (κ3) is 1.97. The van der Waals surface area contributed by atoms with Gasteiger partial charge in [0.15, 0.2) is 10.3 Å². The molecule has 0 unspecified atom stereocenters. The number of nitrogens with one attached hydrogen (secondary N) is 1. The van der Waals surface area contributed by atoms with Gasteiger partial charge in [-0.05, 0) is 11.6 Å². The predicted molar refractivity (Wildman–Crippen MR) is 46.7 cm³/mol. The van der Waals surface area contributed by atoms with E-state index in [4.69, 9.17) is 34.8 Å². The van der Waals surface area contributed by atoms with Crippen LogP contribution in [0.15, 0.2) is 0 Å². The number of amides is 1. The molecule has 0 radical (unpaired) electrons. The van der Waals surface area contributed by atoms with E-state index < -0.39 is 0 Å². The Kier molecular flexibility index (Phi) is 3.08. The lowest BCUT2D eigenvalue weighted by atomic mass is 10.5. The van der Waals surface area contributed by atoms with Gasteiger partial charge in [-0.25, -0.2) is 9.97 Å². The van der Waals surface area contributed by atoms with Gasteiger partial charge in [0.2, 0.25) is 11.7 Å². The summed E-state index contributed by atoms with van der Waals surface area (Å²) in [5.41, 5.74) is 0.151. The molecule has 1 rings (SSSR count). The van der Waals surface area contributed by atoms with Crippen molar-refractivity contribution in [1.82, 2.24) is 9.97 Å². The van der Waals surface area contributed by atoms with Gasteiger partial charge >= 0.3 is 0 Å². The summed E-state index contributed by atoms with van der Waals surface area (Å²) in [7, 11) is 0. The van der Waals surface area contributed by atoms with Crippen molar-refractivity contribution in [1.29, 1.82) is 0 Å². The number of hydrogen-bond donors (Lipinski definition) is 1. The first-order valence-corrected chi connectivity index (χ1v) is 3.87. The first kappa shape index (κ1) is 9.51. The summed E-state index contributed by atoms with van der Waals surface area (Å²) in [6.07, 6.45) is 0.421. The Balaban J connectivity index is 3.18. The normalized spacial score (nSPS) is 9.58. The zero-order valence-corrected chi connectivity index (χ0v) is 7.78. The molecule has 0 aromatic carbocycles. The van der Waals surface area contributed by atoms with Crippen molar-refractivity contribution < 1.29 is 4.79 Å². The average molecular weight is 226 g/mol. The summed E-state index contributed by atoms with van der Waals surface area (Å²) in [6.45, 7) is 0. The van der Waals surface area contributed by atoms with E-state index in [-0.39, 0.29) is 21.3 Å². The molecule has 4 nitrogen and oxygen atoms in total. The van der Waals surface area contributed by atoms with E-state index in [9.17, 15) is 4.79 Å². The van der Waals surface area contributed by atoms with Crippen LogP contribution in [-0.4, -0.2) is 16.4 Å². The minimum atomic E-state index is -0.0681. The van der Waals surface area contributed by atoms with Gasteiger partial charge in [0.1, 0.15) is 5.69 Å². The zero-order valence-electron chi connectivity index (χ0n) is 5.51. The smallest absolute Gasteiger partial charge is 0.225 e. The number of aromatic nitrogens is 2. The molecule has 0 saturated carbocycles. The molecule has 1 aromatic rings. The molecule has 0 aliphatic carbocycles. The summed E-state index contributed by atoms with van der Waals surface area (Å²) < 4.78 is 0. The molecule has 0 aliphatic heterocycles. The Bertz CT molecular complexity index is 294. The second-order valence-electron chi connectivity index (χ2n) is 1.71. The molecule has 12 heavy (non-hydrogen) atoms. The second-order valence-corrected chi connectivity index (χ2v) is 2.77. The molecular weight excluding hydrogens is 224 g/mol. The van der Waals surface area contributed by atoms with Crippen molar-refractivity contribution in [2.24, 2.45) is 0 Å². The van der Waals surface area contributed by atoms with E-state index in [0.29, 0.717) is 6.41 Å². The van der Waals surface area contributed by atoms with Crippen LogP contribution in [0.3, 0.4) is 0 Å². The Labute approximate surface area is 82.9 Å². The maximum absolute atomic E-state index is 10.0. The third-order valence-corrected chi connectivity index (χ3v) is 1.71. The molecule has 1 heterocycles. The molecule has 0 saturated heterocycles. The summed E-state index contributed by atoms with van der Waals surface area (Å²) in [5, 5.41) is 2.19. The van der Waals surface area contributed by atoms with Gasteiger partial charge < -0.3 is 5.32 Å². The Morgan fingerprint density at radius 1 is 1.17 bits per heavy atom. The van der Waals surface area contributed by atoms with Crippen molar-refractivity contribution in [3.05, 3.63) is 15.6 Å². The van der Waals surface area contributed by atoms with Crippen LogP contribution in [0.2, 0.25) is 15.6 Å². The van der Waals surface area contributed by atoms with Crippen LogP contribution < -0.4 is 5.32 Å². The minimum absolute atomic E-state index is 0.00657. The molecule has 7 heteroatoms. The van der Waals surface area contributed by atoms with Crippen LogP contribution in [0.5, 0.6) is 0 Å². The maximum atomic E-state index is 10.0. The van der Waals surface area contributed by atoms with Crippen LogP contribution in [0.1, 0.15) is 0 Å². The number of nitrogens with zero attached hydrogens (tertiary/aromatic N) is 2. The lowest BCUT2D eigenvalue weighted by Crippen LogP contribution is -1.99. The summed E-state index contributed by atoms with van der Waals surface area (Å²) in [4.78, 5) is 17.2. The SMILES string of the molecule is O=CNc1c(Cl)nc(Cl)nc1Cl. The Hall–Kier alpha value is -0.580. The van der Waals surface area contributed by atoms with Gasteiger partial charge in [0.05, 0.1) is 0 Å². The van der Waals surface area contributed by atoms with Gasteiger partial charge in [-0.1, -0.05) is 23.2 Å². The highest BCUT2D eigenvalue weighted by atomic mass is 35.5. The van der Waals surface area contributed by atoms with E-state index in [1.807, 2.05) is 0 Å². The number of anilines is 1. The second kappa shape index (κ2) is 3.89. The molecule has 0 spiro atoms. The van der Waals surface area contributed by atoms with Gasteiger partial charge in [-0.3, -0.25) is 4.79 Å². The standard InChI is InChI=1S/C5H2Cl3N3O/c6-3-2(9-1-12)4(7)11-5(8)10-3/h1H,(H,9,12). The molecular formula is C5H2Cl3N3O. The van der Waals surface area contributed by atoms with Crippen LogP contribution in [-0.2, 0) is 4.79 Å². The zero-order chi connectivity index (χ0) is 9.14. The Morgan fingerprint density at radius 2 is 1.67 bits per heavy atom. The molecule has 0 aliphatic rings. The highest BCUT2D eigenvalue weighted by Crippen LogP contribution is 2.27. The van der Waals surface area contributed by atoms with Crippen LogP contribution in [0.25, 0.3) is 0 Å². The molecule has 1 aromatic heterocycles. The quantitative estimate of drug-likeness (QED) is 0.477. The maximum Gasteiger partial charge on any atom is 0.225 e. The predicted octanol–water partition coefficient (Wildman–Crippen LogP) is 2.01. The fourth-order valence-electron chi connectivity index (χ4n) is 0.562. The first-order chi connectivity index (χ1) is 5.65. The van der Waals surface area contributed by atoms with E-state index in [2.05, 4.69) is 15.3 Å². The molecule has 0 bridgehead atoms. The van der Waals surface area contributed by atoms with E-state index >= 15 is 0 Å². The van der Waals surface area contributed by atoms with Gasteiger partial charge in [-0.15, -0.1) is 0 Å². The van der Waals surface area contributed by atoms with Crippen molar-refractivity contribution in [2.75, 3.05) is 5.32 Å². The molecule has 0 fully saturated rings. The van der Waals surface area contributed by atoms with Crippen molar-refractivity contribution in [3.63, 3.8) is 0 Å². The monoisotopic (exact) mass is 225 g/mol. The average Bonchev–Trinajstić information content (AvgIpc) is 1.96. The summed E-state index contributed by atoms with van der Waals surface area (Å²) in [5.74, 6) is 0. The first-order valence-electron chi connectivity index (χ1n) is 2.74. The Morgan fingerprint density at radius 3 is 2.08 bits per heavy atom. The number of carbonyl (C=O) groups is 1. The largest absolute Gasteiger partial charge is 0.324 e. The number of halogens is 3. The lowest BCUT2D eigenvalue weighted by Gasteiger charge is -2.02. The lowest BCUT2D eigenvalue weighted by molar-refractivity contribution is -0.105. The van der Waals surface area contributed by atoms with Gasteiger partial charge in [0.25, 0.3) is 0 Å². The number of carbonyl (C=O) groups excluding carboxylic acids is 1. The summed E-state index contributed by atoms with van der Waals surface area (Å²) in [6, 6.07) is 0. The van der Waals surface area contributed by atoms with Crippen molar-refractivity contribution >= 4 is 46.9 Å². The number of rotatable bonds is 2. The molecule has 0 atom stereocenters. The fourth-order valence-corrected chi connectivity index (χ4v) is 1.31. The molecule has 1 amide bonds. The van der Waals surface area contributed by atoms with E-state index in [0.717, 1.165) is 0 Å². The third-order valence-electron chi connectivity index (χ3n) is 0.997. The van der Waals surface area contributed by atoms with Crippen LogP contribution in [0.4, 0.5) is 5.69 Å². The van der Waals surface area contributed by atoms with E-state index in [1.165, 1.54) is 0 Å². The summed E-state index contributed by atoms with van der Waals surface area (Å²) >= 11 is 16.6. The van der Waals surface area contributed by atoms with Crippen LogP contribution >= 0.6 is 34.8 Å². The van der Waals surface area contributed by atoms with Gasteiger partial charge in [-0.2, -0.15) is 0 Å². The molecule has 1 N–H and O–H groups in total. The minimum Gasteiger partial charge on any atom is -0.324 e. The molecule has 64 valence electrons. The van der Waals surface area contributed by atoms with E-state index in [1.54, 1.807) is 0 Å².